The van der Waals surface area contributed by atoms with Gasteiger partial charge in [0, 0.05) is 13.1 Å². The standard InChI is InChI=1S/C4H9NO.CH3NO2.ClH/c1-3-6-4-2-5-1;2-1(3)4;/h5H,1-4H2;2H2,(H,3,4);1H. The Kier molecular flexibility index (Phi) is 11.3. The van der Waals surface area contributed by atoms with Gasteiger partial charge >= 0.3 is 6.09 Å². The summed E-state index contributed by atoms with van der Waals surface area (Å²) in [6, 6.07) is 0. The Bertz CT molecular complexity index is 82.2. The van der Waals surface area contributed by atoms with Crippen LogP contribution in [0.4, 0.5) is 4.79 Å². The summed E-state index contributed by atoms with van der Waals surface area (Å²) in [5, 5.41) is 10.4. The third-order valence-corrected chi connectivity index (χ3v) is 0.846. The first-order chi connectivity index (χ1) is 4.73. The molecule has 4 N–H and O–H groups in total. The second-order valence-corrected chi connectivity index (χ2v) is 1.70. The van der Waals surface area contributed by atoms with Crippen LogP contribution in [0.15, 0.2) is 0 Å². The smallest absolute Gasteiger partial charge is 0.402 e. The van der Waals surface area contributed by atoms with E-state index in [-0.39, 0.29) is 12.4 Å². The Hall–Kier alpha value is -0.520. The molecular weight excluding hydrogens is 172 g/mol. The van der Waals surface area contributed by atoms with Crippen LogP contribution >= 0.6 is 12.4 Å². The van der Waals surface area contributed by atoms with Gasteiger partial charge < -0.3 is 20.9 Å². The molecule has 0 aromatic carbocycles. The van der Waals surface area contributed by atoms with E-state index in [0.717, 1.165) is 26.3 Å². The third-order valence-electron chi connectivity index (χ3n) is 0.846. The van der Waals surface area contributed by atoms with Gasteiger partial charge in [-0.05, 0) is 0 Å². The quantitative estimate of drug-likeness (QED) is 0.481. The van der Waals surface area contributed by atoms with E-state index in [1.54, 1.807) is 0 Å². The van der Waals surface area contributed by atoms with Crippen LogP contribution in [-0.4, -0.2) is 37.5 Å². The van der Waals surface area contributed by atoms with Gasteiger partial charge in [-0.3, -0.25) is 0 Å². The lowest BCUT2D eigenvalue weighted by molar-refractivity contribution is 0.109. The molecule has 0 unspecified atom stereocenters. The molecule has 68 valence electrons. The summed E-state index contributed by atoms with van der Waals surface area (Å²) in [6.07, 6.45) is -1.33. The summed E-state index contributed by atoms with van der Waals surface area (Å²) in [7, 11) is 0. The minimum absolute atomic E-state index is 0. The molecule has 11 heavy (non-hydrogen) atoms. The van der Waals surface area contributed by atoms with Crippen molar-refractivity contribution in [3.8, 4) is 0 Å². The first kappa shape index (κ1) is 13.1. The number of morpholine rings is 1. The summed E-state index contributed by atoms with van der Waals surface area (Å²) in [5.74, 6) is 0. The highest BCUT2D eigenvalue weighted by atomic mass is 35.5. The van der Waals surface area contributed by atoms with Crippen molar-refractivity contribution < 1.29 is 14.6 Å². The molecule has 0 spiro atoms. The molecule has 1 fully saturated rings. The maximum Gasteiger partial charge on any atom is 0.402 e. The number of primary amides is 1. The van der Waals surface area contributed by atoms with E-state index in [2.05, 4.69) is 11.1 Å². The van der Waals surface area contributed by atoms with Crippen molar-refractivity contribution in [3.05, 3.63) is 0 Å². The van der Waals surface area contributed by atoms with Crippen LogP contribution in [0, 0.1) is 0 Å². The van der Waals surface area contributed by atoms with E-state index < -0.39 is 6.09 Å². The van der Waals surface area contributed by atoms with Crippen molar-refractivity contribution in [3.63, 3.8) is 0 Å². The second kappa shape index (κ2) is 9.48. The van der Waals surface area contributed by atoms with E-state index in [4.69, 9.17) is 14.6 Å². The molecule has 1 rings (SSSR count). The number of amides is 1. The van der Waals surface area contributed by atoms with Crippen LogP contribution in [0.2, 0.25) is 0 Å². The van der Waals surface area contributed by atoms with E-state index in [1.165, 1.54) is 0 Å². The molecular formula is C5H13ClN2O3. The highest BCUT2D eigenvalue weighted by Gasteiger charge is 1.92. The van der Waals surface area contributed by atoms with Gasteiger partial charge in [0.2, 0.25) is 0 Å². The monoisotopic (exact) mass is 184 g/mol. The number of halogens is 1. The van der Waals surface area contributed by atoms with Gasteiger partial charge in [-0.15, -0.1) is 12.4 Å². The summed E-state index contributed by atoms with van der Waals surface area (Å²) in [6.45, 7) is 3.83. The highest BCUT2D eigenvalue weighted by molar-refractivity contribution is 5.85. The molecule has 0 atom stereocenters. The van der Waals surface area contributed by atoms with Crippen molar-refractivity contribution >= 4 is 18.5 Å². The predicted molar refractivity (Wildman–Crippen MR) is 43.1 cm³/mol. The third kappa shape index (κ3) is 17.7. The Balaban J connectivity index is 0. The summed E-state index contributed by atoms with van der Waals surface area (Å²) >= 11 is 0. The average molecular weight is 185 g/mol. The minimum Gasteiger partial charge on any atom is -0.465 e. The molecule has 6 heteroatoms. The fourth-order valence-electron chi connectivity index (χ4n) is 0.516. The molecule has 0 aromatic rings. The molecule has 0 aromatic heterocycles. The first-order valence-corrected chi connectivity index (χ1v) is 3.00. The van der Waals surface area contributed by atoms with Gasteiger partial charge in [-0.2, -0.15) is 0 Å². The van der Waals surface area contributed by atoms with Gasteiger partial charge in [0.25, 0.3) is 0 Å². The number of nitrogens with one attached hydrogen (secondary N) is 1. The van der Waals surface area contributed by atoms with Crippen molar-refractivity contribution in [2.45, 2.75) is 0 Å². The zero-order valence-corrected chi connectivity index (χ0v) is 6.89. The van der Waals surface area contributed by atoms with Crippen LogP contribution in [0.1, 0.15) is 0 Å². The van der Waals surface area contributed by atoms with Gasteiger partial charge in [0.15, 0.2) is 0 Å². The normalized spacial score (nSPS) is 15.3. The van der Waals surface area contributed by atoms with Crippen LogP contribution in [0.5, 0.6) is 0 Å². The maximum atomic E-state index is 8.78. The lowest BCUT2D eigenvalue weighted by Crippen LogP contribution is -2.30. The summed E-state index contributed by atoms with van der Waals surface area (Å²) in [5.41, 5.74) is 4.03. The predicted octanol–water partition coefficient (Wildman–Crippen LogP) is -0.349. The summed E-state index contributed by atoms with van der Waals surface area (Å²) in [4.78, 5) is 8.78. The highest BCUT2D eigenvalue weighted by Crippen LogP contribution is 1.76. The van der Waals surface area contributed by atoms with E-state index in [0.29, 0.717) is 0 Å². The molecule has 0 aliphatic carbocycles. The molecule has 1 aliphatic heterocycles. The van der Waals surface area contributed by atoms with Crippen LogP contribution in [0.25, 0.3) is 0 Å². The average Bonchev–Trinajstić information content (AvgIpc) is 1.90. The van der Waals surface area contributed by atoms with Crippen LogP contribution in [0.3, 0.4) is 0 Å². The SMILES string of the molecule is C1COCCN1.Cl.NC(=O)O. The number of nitrogens with two attached hydrogens (primary N) is 1. The molecule has 1 heterocycles. The van der Waals surface area contributed by atoms with Crippen molar-refractivity contribution in [2.24, 2.45) is 5.73 Å². The fraction of sp³-hybridized carbons (Fsp3) is 0.800. The topological polar surface area (TPSA) is 84.6 Å². The second-order valence-electron chi connectivity index (χ2n) is 1.70. The number of hydrogen-bond donors (Lipinski definition) is 3. The van der Waals surface area contributed by atoms with E-state index in [1.807, 2.05) is 0 Å². The molecule has 0 bridgehead atoms. The molecule has 1 aliphatic rings. The number of ether oxygens (including phenoxy) is 1. The first-order valence-electron chi connectivity index (χ1n) is 3.00. The van der Waals surface area contributed by atoms with E-state index in [9.17, 15) is 0 Å². The van der Waals surface area contributed by atoms with Gasteiger partial charge in [-0.1, -0.05) is 0 Å². The minimum atomic E-state index is -1.33. The van der Waals surface area contributed by atoms with Crippen LogP contribution in [-0.2, 0) is 4.74 Å². The van der Waals surface area contributed by atoms with Crippen molar-refractivity contribution in [1.82, 2.24) is 5.32 Å². The van der Waals surface area contributed by atoms with Gasteiger partial charge in [0.05, 0.1) is 13.2 Å². The number of carboxylic acid groups (broad SMARTS) is 1. The largest absolute Gasteiger partial charge is 0.465 e. The Morgan fingerprint density at radius 3 is 1.91 bits per heavy atom. The molecule has 5 nitrogen and oxygen atoms in total. The number of hydrogen-bond acceptors (Lipinski definition) is 3. The van der Waals surface area contributed by atoms with Crippen LogP contribution < -0.4 is 11.1 Å². The lowest BCUT2D eigenvalue weighted by Gasteiger charge is -2.10. The maximum absolute atomic E-state index is 8.78. The number of rotatable bonds is 0. The Morgan fingerprint density at radius 1 is 1.45 bits per heavy atom. The zero-order valence-electron chi connectivity index (χ0n) is 6.08. The van der Waals surface area contributed by atoms with Crippen molar-refractivity contribution in [2.75, 3.05) is 26.3 Å². The molecule has 1 saturated heterocycles. The fourth-order valence-corrected chi connectivity index (χ4v) is 0.516. The van der Waals surface area contributed by atoms with Gasteiger partial charge in [0.1, 0.15) is 0 Å². The van der Waals surface area contributed by atoms with E-state index >= 15 is 0 Å². The molecule has 1 amide bonds. The lowest BCUT2D eigenvalue weighted by atomic mass is 10.5. The van der Waals surface area contributed by atoms with Gasteiger partial charge in [-0.25, -0.2) is 4.79 Å². The number of carbonyl (C=O) groups is 1. The zero-order chi connectivity index (χ0) is 7.82. The Morgan fingerprint density at radius 2 is 1.82 bits per heavy atom. The van der Waals surface area contributed by atoms with Crippen molar-refractivity contribution in [1.29, 1.82) is 0 Å². The summed E-state index contributed by atoms with van der Waals surface area (Å²) < 4.78 is 5.01. The Labute approximate surface area is 71.3 Å². The molecule has 0 radical (unpaired) electrons. The molecule has 0 saturated carbocycles.